The quantitative estimate of drug-likeness (QED) is 0.538. The van der Waals surface area contributed by atoms with Crippen molar-refractivity contribution in [2.45, 2.75) is 43.0 Å². The molecule has 2 aromatic rings. The molecule has 6 nitrogen and oxygen atoms in total. The highest BCUT2D eigenvalue weighted by Crippen LogP contribution is 2.30. The van der Waals surface area contributed by atoms with Crippen molar-refractivity contribution in [3.05, 3.63) is 53.0 Å². The van der Waals surface area contributed by atoms with Crippen LogP contribution in [0.2, 0.25) is 0 Å². The van der Waals surface area contributed by atoms with Crippen molar-refractivity contribution < 1.29 is 13.2 Å². The number of nitrogens with zero attached hydrogens (tertiary/aromatic N) is 2. The van der Waals surface area contributed by atoms with Gasteiger partial charge in [-0.05, 0) is 81.0 Å². The SMILES string of the molecule is COc1ccccc1N1CCN(CC[C@H]2CC[C@H](NS(=O)(=O)c3ccc(Br)cc3)CC2)CC1. The van der Waals surface area contributed by atoms with Crippen LogP contribution in [0.15, 0.2) is 57.9 Å². The summed E-state index contributed by atoms with van der Waals surface area (Å²) >= 11 is 3.35. The summed E-state index contributed by atoms with van der Waals surface area (Å²) in [6.45, 7) is 5.30. The fourth-order valence-electron chi connectivity index (χ4n) is 4.94. The fourth-order valence-corrected chi connectivity index (χ4v) is 6.51. The third-order valence-electron chi connectivity index (χ3n) is 6.94. The molecular weight excluding hydrogens is 502 g/mol. The molecule has 2 aliphatic rings. The molecule has 0 radical (unpaired) electrons. The Morgan fingerprint density at radius 1 is 0.970 bits per heavy atom. The number of piperazine rings is 1. The summed E-state index contributed by atoms with van der Waals surface area (Å²) in [7, 11) is -1.72. The van der Waals surface area contributed by atoms with E-state index in [-0.39, 0.29) is 6.04 Å². The highest BCUT2D eigenvalue weighted by atomic mass is 79.9. The van der Waals surface area contributed by atoms with Crippen LogP contribution < -0.4 is 14.4 Å². The normalized spacial score (nSPS) is 22.3. The Bertz CT molecular complexity index is 1000. The van der Waals surface area contributed by atoms with Crippen LogP contribution in [0, 0.1) is 5.92 Å². The zero-order valence-corrected chi connectivity index (χ0v) is 21.7. The van der Waals surface area contributed by atoms with E-state index in [0.717, 1.165) is 68.6 Å². The van der Waals surface area contributed by atoms with Gasteiger partial charge in [-0.3, -0.25) is 4.90 Å². The van der Waals surface area contributed by atoms with Gasteiger partial charge < -0.3 is 9.64 Å². The third-order valence-corrected chi connectivity index (χ3v) is 9.01. The summed E-state index contributed by atoms with van der Waals surface area (Å²) in [5.41, 5.74) is 1.18. The van der Waals surface area contributed by atoms with Gasteiger partial charge >= 0.3 is 0 Å². The topological polar surface area (TPSA) is 61.9 Å². The molecule has 0 unspecified atom stereocenters. The summed E-state index contributed by atoms with van der Waals surface area (Å²) in [5, 5.41) is 0. The van der Waals surface area contributed by atoms with Gasteiger partial charge in [-0.2, -0.15) is 0 Å². The van der Waals surface area contributed by atoms with Gasteiger partial charge in [0.15, 0.2) is 0 Å². The molecule has 1 saturated heterocycles. The van der Waals surface area contributed by atoms with Crippen LogP contribution in [0.1, 0.15) is 32.1 Å². The molecule has 1 N–H and O–H groups in total. The van der Waals surface area contributed by atoms with Gasteiger partial charge in [-0.1, -0.05) is 28.1 Å². The molecule has 4 rings (SSSR count). The predicted molar refractivity (Wildman–Crippen MR) is 136 cm³/mol. The third kappa shape index (κ3) is 6.50. The maximum atomic E-state index is 12.6. The molecule has 2 fully saturated rings. The number of halogens is 1. The van der Waals surface area contributed by atoms with Crippen molar-refractivity contribution in [2.75, 3.05) is 44.7 Å². The number of para-hydroxylation sites is 2. The second kappa shape index (κ2) is 11.2. The van der Waals surface area contributed by atoms with Crippen molar-refractivity contribution in [1.29, 1.82) is 0 Å². The van der Waals surface area contributed by atoms with E-state index in [2.05, 4.69) is 42.6 Å². The smallest absolute Gasteiger partial charge is 0.240 e. The van der Waals surface area contributed by atoms with Gasteiger partial charge in [0, 0.05) is 36.7 Å². The number of benzene rings is 2. The van der Waals surface area contributed by atoms with E-state index >= 15 is 0 Å². The van der Waals surface area contributed by atoms with Crippen molar-refractivity contribution in [1.82, 2.24) is 9.62 Å². The molecule has 0 amide bonds. The number of hydrogen-bond acceptors (Lipinski definition) is 5. The summed E-state index contributed by atoms with van der Waals surface area (Å²) in [5.74, 6) is 1.63. The monoisotopic (exact) mass is 535 g/mol. The summed E-state index contributed by atoms with van der Waals surface area (Å²) in [6.07, 6.45) is 5.22. The Kier molecular flexibility index (Phi) is 8.33. The Morgan fingerprint density at radius 3 is 2.30 bits per heavy atom. The van der Waals surface area contributed by atoms with E-state index in [9.17, 15) is 8.42 Å². The fraction of sp³-hybridized carbons (Fsp3) is 0.520. The minimum atomic E-state index is -3.45. The predicted octanol–water partition coefficient (Wildman–Crippen LogP) is 4.51. The largest absolute Gasteiger partial charge is 0.495 e. The standard InChI is InChI=1S/C25H34BrN3O3S/c1-32-25-5-3-2-4-24(25)29-18-16-28(17-19-29)15-14-20-6-10-22(11-7-20)27-33(30,31)23-12-8-21(26)9-13-23/h2-5,8-9,12-13,20,22,27H,6-7,10-11,14-19H2,1H3/t20-,22-. The molecule has 180 valence electrons. The van der Waals surface area contributed by atoms with Crippen LogP contribution in [0.3, 0.4) is 0 Å². The second-order valence-electron chi connectivity index (χ2n) is 9.08. The lowest BCUT2D eigenvalue weighted by molar-refractivity contribution is 0.214. The summed E-state index contributed by atoms with van der Waals surface area (Å²) in [6, 6.07) is 15.1. The number of sulfonamides is 1. The van der Waals surface area contributed by atoms with Crippen LogP contribution in [0.5, 0.6) is 5.75 Å². The molecule has 0 spiro atoms. The van der Waals surface area contributed by atoms with Gasteiger partial charge in [0.2, 0.25) is 10.0 Å². The summed E-state index contributed by atoms with van der Waals surface area (Å²) in [4.78, 5) is 5.31. The van der Waals surface area contributed by atoms with E-state index in [1.807, 2.05) is 12.1 Å². The van der Waals surface area contributed by atoms with Gasteiger partial charge in [-0.25, -0.2) is 13.1 Å². The average molecular weight is 537 g/mol. The summed E-state index contributed by atoms with van der Waals surface area (Å²) < 4.78 is 34.6. The first-order valence-corrected chi connectivity index (χ1v) is 14.1. The number of nitrogens with one attached hydrogen (secondary N) is 1. The average Bonchev–Trinajstić information content (AvgIpc) is 2.84. The number of anilines is 1. The van der Waals surface area contributed by atoms with E-state index in [4.69, 9.17) is 4.74 Å². The minimum absolute atomic E-state index is 0.0410. The van der Waals surface area contributed by atoms with Gasteiger partial charge in [0.05, 0.1) is 17.7 Å². The van der Waals surface area contributed by atoms with Crippen LogP contribution in [-0.2, 0) is 10.0 Å². The first kappa shape index (κ1) is 24.5. The highest BCUT2D eigenvalue weighted by Gasteiger charge is 2.27. The first-order chi connectivity index (χ1) is 15.9. The molecule has 1 aliphatic heterocycles. The Balaban J connectivity index is 1.18. The van der Waals surface area contributed by atoms with Crippen molar-refractivity contribution >= 4 is 31.6 Å². The number of rotatable bonds is 8. The molecule has 2 aromatic carbocycles. The zero-order valence-electron chi connectivity index (χ0n) is 19.2. The molecule has 0 bridgehead atoms. The Morgan fingerprint density at radius 2 is 1.64 bits per heavy atom. The molecular formula is C25H34BrN3O3S. The number of ether oxygens (including phenoxy) is 1. The van der Waals surface area contributed by atoms with Crippen molar-refractivity contribution in [2.24, 2.45) is 5.92 Å². The van der Waals surface area contributed by atoms with Crippen LogP contribution in [0.4, 0.5) is 5.69 Å². The number of hydrogen-bond donors (Lipinski definition) is 1. The van der Waals surface area contributed by atoms with Crippen LogP contribution in [0.25, 0.3) is 0 Å². The van der Waals surface area contributed by atoms with E-state index < -0.39 is 10.0 Å². The van der Waals surface area contributed by atoms with E-state index in [0.29, 0.717) is 10.8 Å². The molecule has 33 heavy (non-hydrogen) atoms. The van der Waals surface area contributed by atoms with Gasteiger partial charge in [-0.15, -0.1) is 0 Å². The minimum Gasteiger partial charge on any atom is -0.495 e. The van der Waals surface area contributed by atoms with Crippen molar-refractivity contribution in [3.8, 4) is 5.75 Å². The maximum Gasteiger partial charge on any atom is 0.240 e. The van der Waals surface area contributed by atoms with E-state index in [1.165, 1.54) is 12.1 Å². The van der Waals surface area contributed by atoms with Crippen LogP contribution in [-0.4, -0.2) is 59.2 Å². The van der Waals surface area contributed by atoms with Crippen LogP contribution >= 0.6 is 15.9 Å². The lowest BCUT2D eigenvalue weighted by Crippen LogP contribution is -2.47. The molecule has 0 aromatic heterocycles. The second-order valence-corrected chi connectivity index (χ2v) is 11.7. The van der Waals surface area contributed by atoms with Crippen molar-refractivity contribution in [3.63, 3.8) is 0 Å². The molecule has 1 aliphatic carbocycles. The maximum absolute atomic E-state index is 12.6. The Hall–Kier alpha value is -1.61. The molecule has 8 heteroatoms. The Labute approximate surface area is 206 Å². The first-order valence-electron chi connectivity index (χ1n) is 11.8. The van der Waals surface area contributed by atoms with Gasteiger partial charge in [0.1, 0.15) is 5.75 Å². The number of methoxy groups -OCH3 is 1. The van der Waals surface area contributed by atoms with Gasteiger partial charge in [0.25, 0.3) is 0 Å². The zero-order chi connectivity index (χ0) is 23.3. The van der Waals surface area contributed by atoms with E-state index in [1.54, 1.807) is 31.4 Å². The molecule has 0 atom stereocenters. The lowest BCUT2D eigenvalue weighted by atomic mass is 9.84. The lowest BCUT2D eigenvalue weighted by Gasteiger charge is -2.37. The molecule has 1 saturated carbocycles. The highest BCUT2D eigenvalue weighted by molar-refractivity contribution is 9.10. The molecule has 1 heterocycles.